The molecule has 0 bridgehead atoms. The van der Waals surface area contributed by atoms with Crippen LogP contribution in [0.1, 0.15) is 11.7 Å². The maximum Gasteiger partial charge on any atom is 0.129 e. The maximum atomic E-state index is 9.38. The van der Waals surface area contributed by atoms with E-state index in [-0.39, 0.29) is 0 Å². The highest BCUT2D eigenvalue weighted by molar-refractivity contribution is 5.44. The number of hydrogen-bond donors (Lipinski definition) is 1. The Balaban J connectivity index is 2.41. The molecule has 0 aromatic heterocycles. The summed E-state index contributed by atoms with van der Waals surface area (Å²) in [6, 6.07) is 5.42. The fourth-order valence-corrected chi connectivity index (χ4v) is 1.30. The molecule has 1 atom stereocenters. The van der Waals surface area contributed by atoms with Gasteiger partial charge in [0.2, 0.25) is 0 Å². The van der Waals surface area contributed by atoms with Crippen LogP contribution in [0.25, 0.3) is 0 Å². The Labute approximate surface area is 70.5 Å². The van der Waals surface area contributed by atoms with E-state index in [1.807, 2.05) is 12.1 Å². The number of benzene rings is 1. The van der Waals surface area contributed by atoms with Crippen LogP contribution in [0.2, 0.25) is 0 Å². The van der Waals surface area contributed by atoms with Crippen LogP contribution in [0.4, 0.5) is 0 Å². The highest BCUT2D eigenvalue weighted by Gasteiger charge is 2.21. The minimum atomic E-state index is -0.481. The summed E-state index contributed by atoms with van der Waals surface area (Å²) in [5.74, 6) is 1.48. The van der Waals surface area contributed by atoms with Crippen LogP contribution in [0.15, 0.2) is 18.2 Å². The molecule has 2 rings (SSSR count). The second kappa shape index (κ2) is 2.68. The molecule has 0 saturated carbocycles. The number of aliphatic hydroxyl groups is 1. The Hall–Kier alpha value is -1.22. The zero-order chi connectivity index (χ0) is 8.55. The molecule has 0 fully saturated rings. The summed E-state index contributed by atoms with van der Waals surface area (Å²) in [4.78, 5) is 0. The van der Waals surface area contributed by atoms with Crippen molar-refractivity contribution in [3.8, 4) is 11.5 Å². The molecule has 3 heteroatoms. The van der Waals surface area contributed by atoms with Gasteiger partial charge in [-0.1, -0.05) is 0 Å². The predicted octanol–water partition coefficient (Wildman–Crippen LogP) is 1.12. The molecular weight excluding hydrogens is 156 g/mol. The Morgan fingerprint density at radius 3 is 3.17 bits per heavy atom. The zero-order valence-corrected chi connectivity index (χ0v) is 6.78. The van der Waals surface area contributed by atoms with E-state index in [1.165, 1.54) is 0 Å². The highest BCUT2D eigenvalue weighted by atomic mass is 16.5. The van der Waals surface area contributed by atoms with Crippen molar-refractivity contribution in [2.75, 3.05) is 13.7 Å². The number of methoxy groups -OCH3 is 1. The van der Waals surface area contributed by atoms with Crippen molar-refractivity contribution < 1.29 is 14.6 Å². The molecule has 0 radical (unpaired) electrons. The zero-order valence-electron chi connectivity index (χ0n) is 6.78. The van der Waals surface area contributed by atoms with Crippen molar-refractivity contribution in [3.63, 3.8) is 0 Å². The first-order valence-electron chi connectivity index (χ1n) is 3.80. The second-order valence-electron chi connectivity index (χ2n) is 2.73. The molecule has 0 aliphatic carbocycles. The Kier molecular flexibility index (Phi) is 1.66. The summed E-state index contributed by atoms with van der Waals surface area (Å²) in [6.07, 6.45) is -0.481. The molecule has 1 aromatic carbocycles. The van der Waals surface area contributed by atoms with E-state index in [4.69, 9.17) is 9.47 Å². The van der Waals surface area contributed by atoms with Gasteiger partial charge in [0.1, 0.15) is 24.2 Å². The van der Waals surface area contributed by atoms with Gasteiger partial charge in [0.05, 0.1) is 7.11 Å². The van der Waals surface area contributed by atoms with E-state index in [1.54, 1.807) is 13.2 Å². The van der Waals surface area contributed by atoms with E-state index < -0.39 is 6.10 Å². The molecule has 3 nitrogen and oxygen atoms in total. The molecule has 64 valence electrons. The van der Waals surface area contributed by atoms with Gasteiger partial charge in [-0.05, 0) is 12.1 Å². The number of aliphatic hydroxyl groups excluding tert-OH is 1. The van der Waals surface area contributed by atoms with Crippen molar-refractivity contribution in [1.82, 2.24) is 0 Å². The van der Waals surface area contributed by atoms with E-state index in [2.05, 4.69) is 0 Å². The molecule has 1 aliphatic rings. The lowest BCUT2D eigenvalue weighted by Gasteiger charge is -2.02. The van der Waals surface area contributed by atoms with Gasteiger partial charge < -0.3 is 14.6 Å². The molecule has 12 heavy (non-hydrogen) atoms. The third kappa shape index (κ3) is 1.02. The van der Waals surface area contributed by atoms with Gasteiger partial charge in [0.25, 0.3) is 0 Å². The van der Waals surface area contributed by atoms with Crippen molar-refractivity contribution in [1.29, 1.82) is 0 Å². The Morgan fingerprint density at radius 2 is 2.42 bits per heavy atom. The lowest BCUT2D eigenvalue weighted by Crippen LogP contribution is -1.97. The third-order valence-corrected chi connectivity index (χ3v) is 1.98. The van der Waals surface area contributed by atoms with Gasteiger partial charge in [0.15, 0.2) is 0 Å². The van der Waals surface area contributed by atoms with E-state index in [9.17, 15) is 5.11 Å². The number of ether oxygens (including phenoxy) is 2. The van der Waals surface area contributed by atoms with Gasteiger partial charge in [-0.3, -0.25) is 0 Å². The third-order valence-electron chi connectivity index (χ3n) is 1.98. The molecular formula is C9H10O3. The number of fused-ring (bicyclic) bond motifs is 1. The van der Waals surface area contributed by atoms with Gasteiger partial charge in [-0.25, -0.2) is 0 Å². The van der Waals surface area contributed by atoms with Gasteiger partial charge >= 0.3 is 0 Å². The van der Waals surface area contributed by atoms with E-state index in [0.717, 1.165) is 17.1 Å². The minimum absolute atomic E-state index is 0.350. The van der Waals surface area contributed by atoms with E-state index in [0.29, 0.717) is 6.61 Å². The van der Waals surface area contributed by atoms with Crippen LogP contribution in [0.5, 0.6) is 11.5 Å². The van der Waals surface area contributed by atoms with Crippen molar-refractivity contribution in [2.45, 2.75) is 6.10 Å². The predicted molar refractivity (Wildman–Crippen MR) is 43.4 cm³/mol. The molecule has 1 heterocycles. The van der Waals surface area contributed by atoms with Crippen LogP contribution in [-0.4, -0.2) is 18.8 Å². The fourth-order valence-electron chi connectivity index (χ4n) is 1.30. The molecule has 1 N–H and O–H groups in total. The smallest absolute Gasteiger partial charge is 0.129 e. The standard InChI is InChI=1S/C9H10O3/c1-11-6-2-3-7-8(10)5-12-9(7)4-6/h2-4,8,10H,5H2,1H3. The van der Waals surface area contributed by atoms with Crippen LogP contribution < -0.4 is 9.47 Å². The van der Waals surface area contributed by atoms with Crippen LogP contribution in [0.3, 0.4) is 0 Å². The Bertz CT molecular complexity index is 296. The molecule has 1 aromatic rings. The van der Waals surface area contributed by atoms with Gasteiger partial charge in [-0.2, -0.15) is 0 Å². The summed E-state index contributed by atoms with van der Waals surface area (Å²) in [7, 11) is 1.60. The first kappa shape index (κ1) is 7.43. The normalized spacial score (nSPS) is 20.0. The van der Waals surface area contributed by atoms with Crippen molar-refractivity contribution in [3.05, 3.63) is 23.8 Å². The topological polar surface area (TPSA) is 38.7 Å². The monoisotopic (exact) mass is 166 g/mol. The first-order valence-corrected chi connectivity index (χ1v) is 3.80. The maximum absolute atomic E-state index is 9.38. The average molecular weight is 166 g/mol. The minimum Gasteiger partial charge on any atom is -0.497 e. The lowest BCUT2D eigenvalue weighted by atomic mass is 10.1. The molecule has 0 spiro atoms. The summed E-state index contributed by atoms with van der Waals surface area (Å²) in [5.41, 5.74) is 0.843. The summed E-state index contributed by atoms with van der Waals surface area (Å²) >= 11 is 0. The molecule has 0 amide bonds. The molecule has 1 unspecified atom stereocenters. The van der Waals surface area contributed by atoms with Gasteiger partial charge in [0, 0.05) is 11.6 Å². The fraction of sp³-hybridized carbons (Fsp3) is 0.333. The quantitative estimate of drug-likeness (QED) is 0.679. The molecule has 1 aliphatic heterocycles. The lowest BCUT2D eigenvalue weighted by molar-refractivity contribution is 0.140. The SMILES string of the molecule is COc1ccc2c(c1)OCC2O. The van der Waals surface area contributed by atoms with Crippen LogP contribution >= 0.6 is 0 Å². The average Bonchev–Trinajstić information content (AvgIpc) is 2.47. The van der Waals surface area contributed by atoms with E-state index >= 15 is 0 Å². The number of rotatable bonds is 1. The molecule has 0 saturated heterocycles. The largest absolute Gasteiger partial charge is 0.497 e. The van der Waals surface area contributed by atoms with Crippen molar-refractivity contribution in [2.24, 2.45) is 0 Å². The van der Waals surface area contributed by atoms with Crippen molar-refractivity contribution >= 4 is 0 Å². The van der Waals surface area contributed by atoms with Crippen LogP contribution in [0, 0.1) is 0 Å². The summed E-state index contributed by atoms with van der Waals surface area (Å²) in [6.45, 7) is 0.350. The Morgan fingerprint density at radius 1 is 1.58 bits per heavy atom. The second-order valence-corrected chi connectivity index (χ2v) is 2.73. The number of hydrogen-bond acceptors (Lipinski definition) is 3. The highest BCUT2D eigenvalue weighted by Crippen LogP contribution is 2.34. The van der Waals surface area contributed by atoms with Gasteiger partial charge in [-0.15, -0.1) is 0 Å². The summed E-state index contributed by atoms with van der Waals surface area (Å²) < 4.78 is 10.2. The summed E-state index contributed by atoms with van der Waals surface area (Å²) in [5, 5.41) is 9.38. The first-order chi connectivity index (χ1) is 5.81. The van der Waals surface area contributed by atoms with Crippen LogP contribution in [-0.2, 0) is 0 Å².